The molecule has 3 heterocycles. The van der Waals surface area contributed by atoms with Crippen molar-refractivity contribution in [3.63, 3.8) is 0 Å². The van der Waals surface area contributed by atoms with Crippen LogP contribution < -0.4 is 4.90 Å². The van der Waals surface area contributed by atoms with Gasteiger partial charge in [0.05, 0.1) is 17.8 Å². The van der Waals surface area contributed by atoms with E-state index in [2.05, 4.69) is 22.1 Å². The number of aromatic nitrogens is 2. The number of amides is 1. The summed E-state index contributed by atoms with van der Waals surface area (Å²) in [6.45, 7) is 0.544. The van der Waals surface area contributed by atoms with Gasteiger partial charge in [-0.2, -0.15) is 0 Å². The van der Waals surface area contributed by atoms with Crippen LogP contribution in [0.2, 0.25) is 0 Å². The highest BCUT2D eigenvalue weighted by Crippen LogP contribution is 2.27. The Morgan fingerprint density at radius 1 is 0.875 bits per heavy atom. The van der Waals surface area contributed by atoms with Gasteiger partial charge in [0.25, 0.3) is 5.91 Å². The van der Waals surface area contributed by atoms with E-state index < -0.39 is 0 Å². The topological polar surface area (TPSA) is 46.1 Å². The predicted octanol–water partition coefficient (Wildman–Crippen LogP) is 3.42. The van der Waals surface area contributed by atoms with E-state index in [1.165, 1.54) is 5.56 Å². The molecular formula is C20H17N3O. The van der Waals surface area contributed by atoms with E-state index in [1.807, 2.05) is 42.6 Å². The molecule has 0 radical (unpaired) electrons. The van der Waals surface area contributed by atoms with Gasteiger partial charge < -0.3 is 4.90 Å². The lowest BCUT2D eigenvalue weighted by Crippen LogP contribution is -2.22. The molecule has 0 fully saturated rings. The van der Waals surface area contributed by atoms with Gasteiger partial charge in [-0.3, -0.25) is 14.8 Å². The van der Waals surface area contributed by atoms with Crippen molar-refractivity contribution < 1.29 is 4.79 Å². The second kappa shape index (κ2) is 6.24. The van der Waals surface area contributed by atoms with Crippen molar-refractivity contribution in [1.82, 2.24) is 9.97 Å². The Morgan fingerprint density at radius 2 is 1.71 bits per heavy atom. The molecule has 1 aromatic carbocycles. The first kappa shape index (κ1) is 14.6. The maximum absolute atomic E-state index is 12.5. The highest BCUT2D eigenvalue weighted by atomic mass is 16.2. The van der Waals surface area contributed by atoms with Crippen LogP contribution in [0.25, 0.3) is 0 Å². The molecule has 1 aliphatic rings. The Kier molecular flexibility index (Phi) is 3.79. The van der Waals surface area contributed by atoms with E-state index in [4.69, 9.17) is 0 Å². The van der Waals surface area contributed by atoms with Gasteiger partial charge in [-0.25, -0.2) is 0 Å². The molecule has 0 atom stereocenters. The quantitative estimate of drug-likeness (QED) is 0.741. The number of benzene rings is 1. The SMILES string of the molecule is O=C1c2cccnc2CN1c1ccc(CCc2ccccn2)cc1. The molecule has 0 unspecified atom stereocenters. The molecule has 0 saturated heterocycles. The van der Waals surface area contributed by atoms with Crippen LogP contribution in [0.3, 0.4) is 0 Å². The third-order valence-corrected chi connectivity index (χ3v) is 4.32. The fourth-order valence-corrected chi connectivity index (χ4v) is 3.00. The van der Waals surface area contributed by atoms with E-state index in [-0.39, 0.29) is 5.91 Å². The maximum atomic E-state index is 12.5. The molecule has 4 rings (SSSR count). The van der Waals surface area contributed by atoms with Crippen molar-refractivity contribution in [2.24, 2.45) is 0 Å². The van der Waals surface area contributed by atoms with E-state index in [0.29, 0.717) is 12.1 Å². The highest BCUT2D eigenvalue weighted by Gasteiger charge is 2.28. The number of rotatable bonds is 4. The molecule has 3 aromatic rings. The van der Waals surface area contributed by atoms with Gasteiger partial charge in [0, 0.05) is 23.8 Å². The minimum absolute atomic E-state index is 0.0272. The summed E-state index contributed by atoms with van der Waals surface area (Å²) in [6, 6.07) is 17.8. The van der Waals surface area contributed by atoms with Crippen molar-refractivity contribution in [2.45, 2.75) is 19.4 Å². The minimum atomic E-state index is 0.0272. The molecular weight excluding hydrogens is 298 g/mol. The molecule has 4 heteroatoms. The minimum Gasteiger partial charge on any atom is -0.302 e. The summed E-state index contributed by atoms with van der Waals surface area (Å²) in [6.07, 6.45) is 5.41. The number of anilines is 1. The zero-order chi connectivity index (χ0) is 16.4. The Hall–Kier alpha value is -3.01. The molecule has 0 N–H and O–H groups in total. The van der Waals surface area contributed by atoms with E-state index in [0.717, 1.165) is 29.9 Å². The van der Waals surface area contributed by atoms with Crippen LogP contribution in [0.1, 0.15) is 27.3 Å². The molecule has 0 saturated carbocycles. The van der Waals surface area contributed by atoms with Crippen molar-refractivity contribution in [2.75, 3.05) is 4.90 Å². The van der Waals surface area contributed by atoms with Gasteiger partial charge in [-0.1, -0.05) is 18.2 Å². The number of pyridine rings is 2. The first-order valence-electron chi connectivity index (χ1n) is 8.06. The van der Waals surface area contributed by atoms with Crippen LogP contribution in [-0.2, 0) is 19.4 Å². The lowest BCUT2D eigenvalue weighted by Gasteiger charge is -2.15. The van der Waals surface area contributed by atoms with Crippen LogP contribution in [0.15, 0.2) is 67.0 Å². The van der Waals surface area contributed by atoms with Gasteiger partial charge in [-0.15, -0.1) is 0 Å². The molecule has 0 spiro atoms. The molecule has 4 nitrogen and oxygen atoms in total. The highest BCUT2D eigenvalue weighted by molar-refractivity contribution is 6.09. The molecule has 1 amide bonds. The fraction of sp³-hybridized carbons (Fsp3) is 0.150. The maximum Gasteiger partial charge on any atom is 0.260 e. The Balaban J connectivity index is 1.46. The van der Waals surface area contributed by atoms with Crippen molar-refractivity contribution in [3.8, 4) is 0 Å². The average molecular weight is 315 g/mol. The molecule has 0 aliphatic carbocycles. The van der Waals surface area contributed by atoms with E-state index in [9.17, 15) is 4.79 Å². The summed E-state index contributed by atoms with van der Waals surface area (Å²) in [5, 5.41) is 0. The second-order valence-electron chi connectivity index (χ2n) is 5.88. The zero-order valence-corrected chi connectivity index (χ0v) is 13.2. The number of aryl methyl sites for hydroxylation is 2. The number of fused-ring (bicyclic) bond motifs is 1. The monoisotopic (exact) mass is 315 g/mol. The molecule has 24 heavy (non-hydrogen) atoms. The van der Waals surface area contributed by atoms with Crippen LogP contribution in [0.5, 0.6) is 0 Å². The summed E-state index contributed by atoms with van der Waals surface area (Å²) in [5.41, 5.74) is 4.81. The fourth-order valence-electron chi connectivity index (χ4n) is 3.00. The van der Waals surface area contributed by atoms with Gasteiger partial charge in [-0.05, 0) is 54.8 Å². The standard InChI is InChI=1S/C20H17N3O/c24-20-18-5-3-13-22-19(18)14-23(20)17-10-7-15(8-11-17)6-9-16-4-1-2-12-21-16/h1-5,7-8,10-13H,6,9,14H2. The first-order chi connectivity index (χ1) is 11.8. The number of carbonyl (C=O) groups is 1. The summed E-state index contributed by atoms with van der Waals surface area (Å²) in [4.78, 5) is 22.9. The third-order valence-electron chi connectivity index (χ3n) is 4.32. The third kappa shape index (κ3) is 2.78. The van der Waals surface area contributed by atoms with Crippen LogP contribution in [0, 0.1) is 0 Å². The van der Waals surface area contributed by atoms with Crippen LogP contribution in [-0.4, -0.2) is 15.9 Å². The lowest BCUT2D eigenvalue weighted by molar-refractivity contribution is 0.0996. The van der Waals surface area contributed by atoms with Crippen LogP contribution >= 0.6 is 0 Å². The van der Waals surface area contributed by atoms with Gasteiger partial charge >= 0.3 is 0 Å². The Morgan fingerprint density at radius 3 is 2.46 bits per heavy atom. The number of carbonyl (C=O) groups excluding carboxylic acids is 1. The van der Waals surface area contributed by atoms with Gasteiger partial charge in [0.2, 0.25) is 0 Å². The van der Waals surface area contributed by atoms with E-state index >= 15 is 0 Å². The molecule has 1 aliphatic heterocycles. The Bertz CT molecular complexity index is 860. The lowest BCUT2D eigenvalue weighted by atomic mass is 10.1. The largest absolute Gasteiger partial charge is 0.302 e. The summed E-state index contributed by atoms with van der Waals surface area (Å²) >= 11 is 0. The van der Waals surface area contributed by atoms with Gasteiger partial charge in [0.1, 0.15) is 0 Å². The molecule has 118 valence electrons. The van der Waals surface area contributed by atoms with Crippen molar-refractivity contribution in [3.05, 3.63) is 89.5 Å². The number of hydrogen-bond acceptors (Lipinski definition) is 3. The van der Waals surface area contributed by atoms with Crippen molar-refractivity contribution in [1.29, 1.82) is 0 Å². The Labute approximate surface area is 140 Å². The average Bonchev–Trinajstić information content (AvgIpc) is 2.98. The van der Waals surface area contributed by atoms with Gasteiger partial charge in [0.15, 0.2) is 0 Å². The second-order valence-corrected chi connectivity index (χ2v) is 5.88. The smallest absolute Gasteiger partial charge is 0.260 e. The summed E-state index contributed by atoms with van der Waals surface area (Å²) < 4.78 is 0. The zero-order valence-electron chi connectivity index (χ0n) is 13.2. The normalized spacial score (nSPS) is 13.2. The van der Waals surface area contributed by atoms with E-state index in [1.54, 1.807) is 17.2 Å². The predicted molar refractivity (Wildman–Crippen MR) is 92.8 cm³/mol. The molecule has 0 bridgehead atoms. The van der Waals surface area contributed by atoms with Crippen molar-refractivity contribution >= 4 is 11.6 Å². The molecule has 2 aromatic heterocycles. The summed E-state index contributed by atoms with van der Waals surface area (Å²) in [7, 11) is 0. The number of nitrogens with zero attached hydrogens (tertiary/aromatic N) is 3. The van der Waals surface area contributed by atoms with Crippen LogP contribution in [0.4, 0.5) is 5.69 Å². The summed E-state index contributed by atoms with van der Waals surface area (Å²) in [5.74, 6) is 0.0272. The number of hydrogen-bond donors (Lipinski definition) is 0. The first-order valence-corrected chi connectivity index (χ1v) is 8.06.